The number of nitrogens with zero attached hydrogens (tertiary/aromatic N) is 6. The van der Waals surface area contributed by atoms with Gasteiger partial charge in [-0.05, 0) is 58.7 Å². The number of para-hydroxylation sites is 2. The zero-order valence-electron chi connectivity index (χ0n) is 36.8. The van der Waals surface area contributed by atoms with E-state index >= 15 is 0 Å². The molecule has 4 aromatic heterocycles. The monoisotopic (exact) mass is 868 g/mol. The van der Waals surface area contributed by atoms with Crippen LogP contribution in [-0.4, -0.2) is 29.9 Å². The fourth-order valence-corrected chi connectivity index (χ4v) is 8.71. The van der Waals surface area contributed by atoms with Crippen molar-refractivity contribution in [3.05, 3.63) is 243 Å². The molecule has 0 unspecified atom stereocenters. The molecule has 0 fully saturated rings. The Morgan fingerprint density at radius 2 is 0.485 bits per heavy atom. The molecule has 0 saturated heterocycles. The third-order valence-electron chi connectivity index (χ3n) is 12.4. The van der Waals surface area contributed by atoms with Gasteiger partial charge < -0.3 is 0 Å². The molecule has 4 heterocycles. The van der Waals surface area contributed by atoms with E-state index in [1.54, 1.807) is 0 Å². The van der Waals surface area contributed by atoms with Gasteiger partial charge in [-0.2, -0.15) is 0 Å². The summed E-state index contributed by atoms with van der Waals surface area (Å²) in [7, 11) is 0. The van der Waals surface area contributed by atoms with Crippen molar-refractivity contribution < 1.29 is 0 Å². The number of fused-ring (bicyclic) bond motifs is 2. The van der Waals surface area contributed by atoms with Gasteiger partial charge in [-0.25, -0.2) is 19.9 Å². The molecule has 0 aliphatic carbocycles. The molecule has 0 amide bonds. The Morgan fingerprint density at radius 3 is 0.824 bits per heavy atom. The molecule has 6 nitrogen and oxygen atoms in total. The molecular formula is C62H40N6. The van der Waals surface area contributed by atoms with Crippen LogP contribution in [0.3, 0.4) is 0 Å². The van der Waals surface area contributed by atoms with Crippen molar-refractivity contribution in [1.82, 2.24) is 29.9 Å². The highest BCUT2D eigenvalue weighted by molar-refractivity contribution is 5.86. The molecule has 0 aliphatic heterocycles. The molecule has 0 bridgehead atoms. The summed E-state index contributed by atoms with van der Waals surface area (Å²) in [6.45, 7) is 0. The van der Waals surface area contributed by atoms with Crippen LogP contribution in [0.4, 0.5) is 0 Å². The predicted molar refractivity (Wildman–Crippen MR) is 277 cm³/mol. The lowest BCUT2D eigenvalue weighted by Gasteiger charge is -2.12. The van der Waals surface area contributed by atoms with Gasteiger partial charge in [-0.15, -0.1) is 0 Å². The summed E-state index contributed by atoms with van der Waals surface area (Å²) in [5, 5.41) is 2.24. The van der Waals surface area contributed by atoms with Gasteiger partial charge in [0.25, 0.3) is 0 Å². The third kappa shape index (κ3) is 8.19. The van der Waals surface area contributed by atoms with E-state index in [0.717, 1.165) is 111 Å². The standard InChI is InChI=1S/C62H40N6/c1-3-11-49(12-4-1)61-65-57(37-59(67-61)47-31-23-43(24-32-47)53-35-51-15-7-9-17-55(51)63-39-53)45-27-19-41(20-28-45)42-21-29-46(30-22-42)58-38-60(68-62(66-58)50-13-5-2-6-14-50)48-33-25-44(26-34-48)54-36-52-16-8-10-18-56(52)64-40-54/h1-40H. The van der Waals surface area contributed by atoms with Crippen LogP contribution in [0.25, 0.3) is 123 Å². The van der Waals surface area contributed by atoms with Crippen molar-refractivity contribution in [2.45, 2.75) is 0 Å². The number of aromatic nitrogens is 6. The maximum atomic E-state index is 5.09. The van der Waals surface area contributed by atoms with Gasteiger partial charge in [-0.3, -0.25) is 9.97 Å². The van der Waals surface area contributed by atoms with Crippen LogP contribution in [0.15, 0.2) is 243 Å². The number of pyridine rings is 2. The maximum Gasteiger partial charge on any atom is 0.160 e. The van der Waals surface area contributed by atoms with Crippen molar-refractivity contribution in [3.8, 4) is 101 Å². The molecule has 0 aliphatic rings. The van der Waals surface area contributed by atoms with E-state index in [4.69, 9.17) is 19.9 Å². The van der Waals surface area contributed by atoms with Crippen LogP contribution in [0, 0.1) is 0 Å². The average Bonchev–Trinajstić information content (AvgIpc) is 3.43. The minimum atomic E-state index is 0.680. The van der Waals surface area contributed by atoms with Gasteiger partial charge in [0, 0.05) is 67.7 Å². The fraction of sp³-hybridized carbons (Fsp3) is 0. The Bertz CT molecular complexity index is 3490. The minimum absolute atomic E-state index is 0.680. The number of rotatable bonds is 9. The molecule has 12 aromatic rings. The Labute approximate surface area is 394 Å². The predicted octanol–water partition coefficient (Wildman–Crippen LogP) is 15.4. The SMILES string of the molecule is c1ccc(-c2nc(-c3ccc(-c4ccc(-c5cc(-c6ccc(-c7cnc8ccccc8c7)cc6)nc(-c6ccccc6)n5)cc4)cc3)cc(-c3ccc(-c4cnc5ccccc5c4)cc3)n2)cc1. The van der Waals surface area contributed by atoms with E-state index in [-0.39, 0.29) is 0 Å². The van der Waals surface area contributed by atoms with Gasteiger partial charge in [0.1, 0.15) is 0 Å². The largest absolute Gasteiger partial charge is 0.256 e. The molecule has 318 valence electrons. The number of hydrogen-bond acceptors (Lipinski definition) is 6. The van der Waals surface area contributed by atoms with Gasteiger partial charge in [0.2, 0.25) is 0 Å². The fourth-order valence-electron chi connectivity index (χ4n) is 8.71. The van der Waals surface area contributed by atoms with Crippen LogP contribution >= 0.6 is 0 Å². The maximum absolute atomic E-state index is 5.09. The molecule has 0 atom stereocenters. The molecule has 68 heavy (non-hydrogen) atoms. The van der Waals surface area contributed by atoms with Crippen molar-refractivity contribution in [1.29, 1.82) is 0 Å². The molecule has 0 spiro atoms. The smallest absolute Gasteiger partial charge is 0.160 e. The van der Waals surface area contributed by atoms with E-state index < -0.39 is 0 Å². The topological polar surface area (TPSA) is 77.3 Å². The van der Waals surface area contributed by atoms with Crippen molar-refractivity contribution in [3.63, 3.8) is 0 Å². The van der Waals surface area contributed by atoms with E-state index in [9.17, 15) is 0 Å². The van der Waals surface area contributed by atoms with Gasteiger partial charge in [0.05, 0.1) is 33.8 Å². The van der Waals surface area contributed by atoms with E-state index in [2.05, 4.69) is 168 Å². The first-order valence-electron chi connectivity index (χ1n) is 22.7. The van der Waals surface area contributed by atoms with E-state index in [1.807, 2.05) is 85.2 Å². The van der Waals surface area contributed by atoms with Crippen molar-refractivity contribution in [2.75, 3.05) is 0 Å². The van der Waals surface area contributed by atoms with Crippen molar-refractivity contribution >= 4 is 21.8 Å². The normalized spacial score (nSPS) is 11.2. The summed E-state index contributed by atoms with van der Waals surface area (Å²) in [5.74, 6) is 1.36. The highest BCUT2D eigenvalue weighted by atomic mass is 14.9. The Kier molecular flexibility index (Phi) is 10.4. The number of hydrogen-bond donors (Lipinski definition) is 0. The first-order chi connectivity index (χ1) is 33.6. The molecule has 0 saturated carbocycles. The molecular weight excluding hydrogens is 829 g/mol. The van der Waals surface area contributed by atoms with Crippen LogP contribution < -0.4 is 0 Å². The lowest BCUT2D eigenvalue weighted by atomic mass is 9.99. The lowest BCUT2D eigenvalue weighted by molar-refractivity contribution is 1.18. The molecule has 0 radical (unpaired) electrons. The quantitative estimate of drug-likeness (QED) is 0.144. The second-order valence-corrected chi connectivity index (χ2v) is 16.8. The van der Waals surface area contributed by atoms with E-state index in [1.165, 1.54) is 0 Å². The van der Waals surface area contributed by atoms with Crippen LogP contribution in [0.1, 0.15) is 0 Å². The van der Waals surface area contributed by atoms with Crippen molar-refractivity contribution in [2.24, 2.45) is 0 Å². The summed E-state index contributed by atoms with van der Waals surface area (Å²) in [6.07, 6.45) is 3.88. The second kappa shape index (κ2) is 17.6. The Morgan fingerprint density at radius 1 is 0.206 bits per heavy atom. The highest BCUT2D eigenvalue weighted by Gasteiger charge is 2.14. The third-order valence-corrected chi connectivity index (χ3v) is 12.4. The number of benzene rings is 8. The first-order valence-corrected chi connectivity index (χ1v) is 22.7. The highest BCUT2D eigenvalue weighted by Crippen LogP contribution is 2.34. The first kappa shape index (κ1) is 40.3. The summed E-state index contributed by atoms with van der Waals surface area (Å²) in [4.78, 5) is 29.7. The van der Waals surface area contributed by atoms with Crippen LogP contribution in [-0.2, 0) is 0 Å². The summed E-state index contributed by atoms with van der Waals surface area (Å²) in [6, 6.07) is 79.6. The van der Waals surface area contributed by atoms with Gasteiger partial charge >= 0.3 is 0 Å². The molecule has 12 rings (SSSR count). The molecule has 8 aromatic carbocycles. The summed E-state index contributed by atoms with van der Waals surface area (Å²) in [5.41, 5.74) is 17.9. The second-order valence-electron chi connectivity index (χ2n) is 16.8. The van der Waals surface area contributed by atoms with Crippen LogP contribution in [0.2, 0.25) is 0 Å². The minimum Gasteiger partial charge on any atom is -0.256 e. The molecule has 0 N–H and O–H groups in total. The summed E-state index contributed by atoms with van der Waals surface area (Å²) < 4.78 is 0. The van der Waals surface area contributed by atoms with E-state index in [0.29, 0.717) is 11.6 Å². The lowest BCUT2D eigenvalue weighted by Crippen LogP contribution is -1.96. The van der Waals surface area contributed by atoms with Gasteiger partial charge in [0.15, 0.2) is 11.6 Å². The zero-order chi connectivity index (χ0) is 45.2. The zero-order valence-corrected chi connectivity index (χ0v) is 36.8. The Hall–Kier alpha value is -9.26. The molecule has 6 heteroatoms. The Balaban J connectivity index is 0.828. The van der Waals surface area contributed by atoms with Gasteiger partial charge in [-0.1, -0.05) is 194 Å². The summed E-state index contributed by atoms with van der Waals surface area (Å²) >= 11 is 0. The average molecular weight is 869 g/mol. The van der Waals surface area contributed by atoms with Crippen LogP contribution in [0.5, 0.6) is 0 Å².